The second-order valence-corrected chi connectivity index (χ2v) is 3.59. The molecule has 0 aromatic heterocycles. The van der Waals surface area contributed by atoms with Crippen molar-refractivity contribution in [2.45, 2.75) is 12.6 Å². The number of hydrogen-bond acceptors (Lipinski definition) is 1. The predicted octanol–water partition coefficient (Wildman–Crippen LogP) is 4.13. The Balaban J connectivity index is 2.90. The molecule has 0 spiro atoms. The van der Waals surface area contributed by atoms with E-state index >= 15 is 0 Å². The number of rotatable bonds is 4. The summed E-state index contributed by atoms with van der Waals surface area (Å²) < 4.78 is 49.5. The van der Waals surface area contributed by atoms with Gasteiger partial charge in [-0.25, -0.2) is 0 Å². The molecule has 1 aromatic carbocycles. The molecule has 1 rings (SSSR count). The zero-order valence-corrected chi connectivity index (χ0v) is 9.00. The predicted molar refractivity (Wildman–Crippen MR) is 55.5 cm³/mol. The SMILES string of the molecule is FCCCNc1ccc(Cl)cc1C(F)(F)F. The zero-order valence-electron chi connectivity index (χ0n) is 8.24. The lowest BCUT2D eigenvalue weighted by molar-refractivity contribution is -0.136. The van der Waals surface area contributed by atoms with E-state index in [4.69, 9.17) is 11.6 Å². The van der Waals surface area contributed by atoms with Gasteiger partial charge >= 0.3 is 6.18 Å². The van der Waals surface area contributed by atoms with Crippen LogP contribution >= 0.6 is 11.6 Å². The third-order valence-electron chi connectivity index (χ3n) is 1.91. The van der Waals surface area contributed by atoms with Gasteiger partial charge < -0.3 is 5.32 Å². The summed E-state index contributed by atoms with van der Waals surface area (Å²) in [7, 11) is 0. The monoisotopic (exact) mass is 255 g/mol. The van der Waals surface area contributed by atoms with Crippen LogP contribution in [0.15, 0.2) is 18.2 Å². The van der Waals surface area contributed by atoms with E-state index in [0.29, 0.717) is 0 Å². The molecule has 16 heavy (non-hydrogen) atoms. The highest BCUT2D eigenvalue weighted by atomic mass is 35.5. The minimum absolute atomic E-state index is 0.0170. The number of nitrogens with one attached hydrogen (secondary N) is 1. The van der Waals surface area contributed by atoms with E-state index in [9.17, 15) is 17.6 Å². The van der Waals surface area contributed by atoms with Crippen molar-refractivity contribution in [2.24, 2.45) is 0 Å². The van der Waals surface area contributed by atoms with E-state index < -0.39 is 18.4 Å². The van der Waals surface area contributed by atoms with Crippen molar-refractivity contribution in [1.82, 2.24) is 0 Å². The number of alkyl halides is 4. The topological polar surface area (TPSA) is 12.0 Å². The van der Waals surface area contributed by atoms with E-state index in [1.807, 2.05) is 0 Å². The van der Waals surface area contributed by atoms with Crippen molar-refractivity contribution in [3.05, 3.63) is 28.8 Å². The minimum Gasteiger partial charge on any atom is -0.384 e. The molecule has 0 aliphatic carbocycles. The summed E-state index contributed by atoms with van der Waals surface area (Å²) in [5.41, 5.74) is -0.913. The second kappa shape index (κ2) is 5.39. The van der Waals surface area contributed by atoms with Crippen LogP contribution in [-0.2, 0) is 6.18 Å². The molecule has 90 valence electrons. The molecule has 0 saturated heterocycles. The molecule has 0 aliphatic rings. The van der Waals surface area contributed by atoms with E-state index in [1.165, 1.54) is 12.1 Å². The molecular weight excluding hydrogens is 246 g/mol. The highest BCUT2D eigenvalue weighted by Gasteiger charge is 2.33. The van der Waals surface area contributed by atoms with Crippen LogP contribution in [0.4, 0.5) is 23.2 Å². The Morgan fingerprint density at radius 1 is 1.25 bits per heavy atom. The van der Waals surface area contributed by atoms with Crippen molar-refractivity contribution < 1.29 is 17.6 Å². The van der Waals surface area contributed by atoms with Crippen LogP contribution in [0.5, 0.6) is 0 Å². The Labute approximate surface area is 95.4 Å². The Kier molecular flexibility index (Phi) is 4.41. The number of hydrogen-bond donors (Lipinski definition) is 1. The molecule has 0 atom stereocenters. The van der Waals surface area contributed by atoms with Gasteiger partial charge in [-0.05, 0) is 24.6 Å². The van der Waals surface area contributed by atoms with Gasteiger partial charge in [-0.3, -0.25) is 4.39 Å². The van der Waals surface area contributed by atoms with Crippen LogP contribution in [-0.4, -0.2) is 13.2 Å². The molecule has 0 saturated carbocycles. The Morgan fingerprint density at radius 3 is 2.50 bits per heavy atom. The van der Waals surface area contributed by atoms with Crippen molar-refractivity contribution in [3.63, 3.8) is 0 Å². The molecule has 0 radical (unpaired) electrons. The molecule has 0 fully saturated rings. The summed E-state index contributed by atoms with van der Waals surface area (Å²) in [5, 5.41) is 2.55. The molecule has 6 heteroatoms. The zero-order chi connectivity index (χ0) is 12.2. The number of halogens is 5. The number of benzene rings is 1. The van der Waals surface area contributed by atoms with Gasteiger partial charge in [-0.2, -0.15) is 13.2 Å². The van der Waals surface area contributed by atoms with Crippen LogP contribution in [0.25, 0.3) is 0 Å². The first-order valence-electron chi connectivity index (χ1n) is 4.61. The maximum Gasteiger partial charge on any atom is 0.418 e. The highest BCUT2D eigenvalue weighted by molar-refractivity contribution is 6.30. The first-order valence-corrected chi connectivity index (χ1v) is 4.99. The van der Waals surface area contributed by atoms with Crippen molar-refractivity contribution in [2.75, 3.05) is 18.5 Å². The van der Waals surface area contributed by atoms with Gasteiger partial charge in [-0.1, -0.05) is 11.6 Å². The van der Waals surface area contributed by atoms with Gasteiger partial charge in [0.1, 0.15) is 0 Å². The molecule has 0 unspecified atom stereocenters. The van der Waals surface area contributed by atoms with Crippen LogP contribution in [0, 0.1) is 0 Å². The van der Waals surface area contributed by atoms with E-state index in [0.717, 1.165) is 6.07 Å². The van der Waals surface area contributed by atoms with Crippen LogP contribution < -0.4 is 5.32 Å². The quantitative estimate of drug-likeness (QED) is 0.630. The fourth-order valence-electron chi connectivity index (χ4n) is 1.20. The summed E-state index contributed by atoms with van der Waals surface area (Å²) in [6.07, 6.45) is -4.30. The smallest absolute Gasteiger partial charge is 0.384 e. The minimum atomic E-state index is -4.47. The normalized spacial score (nSPS) is 11.6. The Bertz CT molecular complexity index is 351. The van der Waals surface area contributed by atoms with Crippen LogP contribution in [0.1, 0.15) is 12.0 Å². The molecule has 0 bridgehead atoms. The average Bonchev–Trinajstić information content (AvgIpc) is 2.19. The van der Waals surface area contributed by atoms with Crippen molar-refractivity contribution in [1.29, 1.82) is 0 Å². The first-order chi connectivity index (χ1) is 7.45. The summed E-state index contributed by atoms with van der Waals surface area (Å²) in [6.45, 7) is -0.414. The maximum absolute atomic E-state index is 12.6. The Hall–Kier alpha value is -0.970. The Morgan fingerprint density at radius 2 is 1.94 bits per heavy atom. The fourth-order valence-corrected chi connectivity index (χ4v) is 1.37. The van der Waals surface area contributed by atoms with E-state index in [2.05, 4.69) is 5.32 Å². The molecule has 1 aromatic rings. The average molecular weight is 256 g/mol. The summed E-state index contributed by atoms with van der Waals surface area (Å²) in [5.74, 6) is 0. The summed E-state index contributed by atoms with van der Waals surface area (Å²) in [6, 6.07) is 3.44. The molecule has 1 nitrogen and oxygen atoms in total. The number of anilines is 1. The van der Waals surface area contributed by atoms with Gasteiger partial charge in [0, 0.05) is 17.3 Å². The third-order valence-corrected chi connectivity index (χ3v) is 2.15. The summed E-state index contributed by atoms with van der Waals surface area (Å²) >= 11 is 5.50. The fraction of sp³-hybridized carbons (Fsp3) is 0.400. The lowest BCUT2D eigenvalue weighted by Gasteiger charge is -2.14. The largest absolute Gasteiger partial charge is 0.418 e. The first kappa shape index (κ1) is 13.1. The van der Waals surface area contributed by atoms with Gasteiger partial charge in [0.25, 0.3) is 0 Å². The van der Waals surface area contributed by atoms with Crippen molar-refractivity contribution in [3.8, 4) is 0 Å². The molecule has 1 N–H and O–H groups in total. The molecular formula is C10H10ClF4N. The molecule has 0 amide bonds. The van der Waals surface area contributed by atoms with Gasteiger partial charge in [0.2, 0.25) is 0 Å². The third kappa shape index (κ3) is 3.56. The lowest BCUT2D eigenvalue weighted by Crippen LogP contribution is -2.11. The maximum atomic E-state index is 12.6. The van der Waals surface area contributed by atoms with Gasteiger partial charge in [0.15, 0.2) is 0 Å². The standard InChI is InChI=1S/C10H10ClF4N/c11-7-2-3-9(16-5-1-4-12)8(6-7)10(13,14)15/h2-3,6,16H,1,4-5H2. The van der Waals surface area contributed by atoms with Gasteiger partial charge in [0.05, 0.1) is 12.2 Å². The highest BCUT2D eigenvalue weighted by Crippen LogP contribution is 2.36. The van der Waals surface area contributed by atoms with Crippen LogP contribution in [0.3, 0.4) is 0 Å². The molecule has 0 heterocycles. The van der Waals surface area contributed by atoms with Crippen LogP contribution in [0.2, 0.25) is 5.02 Å². The van der Waals surface area contributed by atoms with E-state index in [1.54, 1.807) is 0 Å². The van der Waals surface area contributed by atoms with E-state index in [-0.39, 0.29) is 23.7 Å². The van der Waals surface area contributed by atoms with Gasteiger partial charge in [-0.15, -0.1) is 0 Å². The van der Waals surface area contributed by atoms with Crippen molar-refractivity contribution >= 4 is 17.3 Å². The molecule has 0 aliphatic heterocycles. The summed E-state index contributed by atoms with van der Waals surface area (Å²) in [4.78, 5) is 0. The second-order valence-electron chi connectivity index (χ2n) is 3.16. The lowest BCUT2D eigenvalue weighted by atomic mass is 10.1.